The van der Waals surface area contributed by atoms with E-state index < -0.39 is 11.8 Å². The molecule has 6 nitrogen and oxygen atoms in total. The number of anilines is 1. The molecule has 2 aromatic carbocycles. The van der Waals surface area contributed by atoms with Gasteiger partial charge in [-0.1, -0.05) is 12.1 Å². The number of amides is 2. The first-order valence-corrected chi connectivity index (χ1v) is 9.37. The van der Waals surface area contributed by atoms with E-state index >= 15 is 0 Å². The second kappa shape index (κ2) is 7.05. The molecule has 0 unspecified atom stereocenters. The van der Waals surface area contributed by atoms with E-state index in [0.29, 0.717) is 11.1 Å². The largest absolute Gasteiger partial charge is 0.378 e. The second-order valence-corrected chi connectivity index (χ2v) is 7.28. The lowest BCUT2D eigenvalue weighted by molar-refractivity contribution is 0.0660. The van der Waals surface area contributed by atoms with E-state index in [9.17, 15) is 9.59 Å². The summed E-state index contributed by atoms with van der Waals surface area (Å²) in [7, 11) is 4.02. The van der Waals surface area contributed by atoms with Gasteiger partial charge >= 0.3 is 0 Å². The molecule has 0 atom stereocenters. The molecular weight excluding hydrogens is 364 g/mol. The van der Waals surface area contributed by atoms with Crippen LogP contribution in [-0.2, 0) is 0 Å². The Kier molecular flexibility index (Phi) is 4.54. The molecule has 0 saturated carbocycles. The van der Waals surface area contributed by atoms with Gasteiger partial charge in [0.15, 0.2) is 0 Å². The SMILES string of the molecule is Cc1cc(C=NN2C(=O)c3ccccc3C2=O)c(C)n1-c1ccc(N(C)C)cc1. The molecule has 0 N–H and O–H groups in total. The van der Waals surface area contributed by atoms with Gasteiger partial charge in [0.25, 0.3) is 11.8 Å². The predicted octanol–water partition coefficient (Wildman–Crippen LogP) is 3.79. The molecule has 0 aliphatic carbocycles. The summed E-state index contributed by atoms with van der Waals surface area (Å²) in [5, 5.41) is 5.14. The monoisotopic (exact) mass is 386 g/mol. The van der Waals surface area contributed by atoms with Crippen LogP contribution in [0.1, 0.15) is 37.7 Å². The first-order chi connectivity index (χ1) is 13.9. The zero-order chi connectivity index (χ0) is 20.7. The summed E-state index contributed by atoms with van der Waals surface area (Å²) >= 11 is 0. The standard InChI is InChI=1S/C23H22N4O2/c1-15-13-17(16(2)26(15)19-11-9-18(10-12-19)25(3)4)14-24-27-22(28)20-7-5-6-8-21(20)23(27)29/h5-14H,1-4H3. The van der Waals surface area contributed by atoms with Gasteiger partial charge in [-0.2, -0.15) is 10.1 Å². The van der Waals surface area contributed by atoms with Crippen molar-refractivity contribution in [2.45, 2.75) is 13.8 Å². The van der Waals surface area contributed by atoms with Crippen LogP contribution in [0.2, 0.25) is 0 Å². The molecule has 2 heterocycles. The molecule has 2 amide bonds. The summed E-state index contributed by atoms with van der Waals surface area (Å²) in [4.78, 5) is 27.0. The number of rotatable bonds is 4. The number of hydrazone groups is 1. The normalized spacial score (nSPS) is 13.4. The molecule has 4 rings (SSSR count). The highest BCUT2D eigenvalue weighted by molar-refractivity contribution is 6.21. The number of hydrogen-bond acceptors (Lipinski definition) is 4. The zero-order valence-electron chi connectivity index (χ0n) is 16.9. The first kappa shape index (κ1) is 18.7. The maximum atomic E-state index is 12.5. The highest BCUT2D eigenvalue weighted by Crippen LogP contribution is 2.24. The van der Waals surface area contributed by atoms with Crippen LogP contribution in [0, 0.1) is 13.8 Å². The Balaban J connectivity index is 1.64. The molecular formula is C23H22N4O2. The molecule has 0 saturated heterocycles. The van der Waals surface area contributed by atoms with Crippen molar-refractivity contribution in [2.75, 3.05) is 19.0 Å². The van der Waals surface area contributed by atoms with Crippen molar-refractivity contribution in [3.63, 3.8) is 0 Å². The number of carbonyl (C=O) groups is 2. The third-order valence-corrected chi connectivity index (χ3v) is 5.18. The third-order valence-electron chi connectivity index (χ3n) is 5.18. The maximum absolute atomic E-state index is 12.5. The molecule has 0 radical (unpaired) electrons. The van der Waals surface area contributed by atoms with Crippen LogP contribution in [0.3, 0.4) is 0 Å². The minimum atomic E-state index is -0.394. The maximum Gasteiger partial charge on any atom is 0.282 e. The van der Waals surface area contributed by atoms with Crippen LogP contribution >= 0.6 is 0 Å². The predicted molar refractivity (Wildman–Crippen MR) is 114 cm³/mol. The highest BCUT2D eigenvalue weighted by Gasteiger charge is 2.35. The van der Waals surface area contributed by atoms with E-state index in [1.807, 2.05) is 34.0 Å². The molecule has 1 aliphatic rings. The number of fused-ring (bicyclic) bond motifs is 1. The van der Waals surface area contributed by atoms with Gasteiger partial charge in [-0.3, -0.25) is 9.59 Å². The number of aromatic nitrogens is 1. The van der Waals surface area contributed by atoms with Gasteiger partial charge in [-0.15, -0.1) is 0 Å². The lowest BCUT2D eigenvalue weighted by Crippen LogP contribution is -2.24. The van der Waals surface area contributed by atoms with Crippen molar-refractivity contribution in [1.82, 2.24) is 9.58 Å². The van der Waals surface area contributed by atoms with Crippen molar-refractivity contribution in [2.24, 2.45) is 5.10 Å². The molecule has 1 aliphatic heterocycles. The van der Waals surface area contributed by atoms with E-state index in [1.165, 1.54) is 0 Å². The lowest BCUT2D eigenvalue weighted by atomic mass is 10.1. The number of imide groups is 1. The second-order valence-electron chi connectivity index (χ2n) is 7.28. The van der Waals surface area contributed by atoms with Crippen molar-refractivity contribution < 1.29 is 9.59 Å². The number of aryl methyl sites for hydroxylation is 1. The van der Waals surface area contributed by atoms with Gasteiger partial charge in [0.2, 0.25) is 0 Å². The molecule has 3 aromatic rings. The van der Waals surface area contributed by atoms with Gasteiger partial charge < -0.3 is 9.47 Å². The summed E-state index contributed by atoms with van der Waals surface area (Å²) < 4.78 is 2.13. The zero-order valence-corrected chi connectivity index (χ0v) is 16.9. The fourth-order valence-corrected chi connectivity index (χ4v) is 3.62. The Labute approximate surface area is 169 Å². The van der Waals surface area contributed by atoms with Gasteiger partial charge in [0.1, 0.15) is 0 Å². The van der Waals surface area contributed by atoms with Crippen molar-refractivity contribution in [3.05, 3.63) is 82.7 Å². The summed E-state index contributed by atoms with van der Waals surface area (Å²) in [6, 6.07) is 17.1. The first-order valence-electron chi connectivity index (χ1n) is 9.37. The van der Waals surface area contributed by atoms with E-state index in [4.69, 9.17) is 0 Å². The number of carbonyl (C=O) groups excluding carboxylic acids is 2. The smallest absolute Gasteiger partial charge is 0.282 e. The summed E-state index contributed by atoms with van der Waals surface area (Å²) in [5.41, 5.74) is 5.84. The average molecular weight is 386 g/mol. The fourth-order valence-electron chi connectivity index (χ4n) is 3.62. The summed E-state index contributed by atoms with van der Waals surface area (Å²) in [6.07, 6.45) is 1.58. The van der Waals surface area contributed by atoms with Crippen molar-refractivity contribution in [3.8, 4) is 5.69 Å². The van der Waals surface area contributed by atoms with E-state index in [0.717, 1.165) is 33.3 Å². The van der Waals surface area contributed by atoms with E-state index in [2.05, 4.69) is 38.8 Å². The number of benzene rings is 2. The number of hydrogen-bond donors (Lipinski definition) is 0. The Morgan fingerprint density at radius 2 is 1.48 bits per heavy atom. The quantitative estimate of drug-likeness (QED) is 0.506. The summed E-state index contributed by atoms with van der Waals surface area (Å²) in [6.45, 7) is 4.02. The van der Waals surface area contributed by atoms with Gasteiger partial charge in [-0.25, -0.2) is 0 Å². The van der Waals surface area contributed by atoms with Gasteiger partial charge in [-0.05, 0) is 56.3 Å². The topological polar surface area (TPSA) is 57.9 Å². The lowest BCUT2D eigenvalue weighted by Gasteiger charge is -2.14. The van der Waals surface area contributed by atoms with Crippen LogP contribution in [0.15, 0.2) is 59.7 Å². The molecule has 0 bridgehead atoms. The Bertz CT molecular complexity index is 1110. The Hall–Kier alpha value is -3.67. The molecule has 29 heavy (non-hydrogen) atoms. The minimum Gasteiger partial charge on any atom is -0.378 e. The third kappa shape index (κ3) is 3.12. The van der Waals surface area contributed by atoms with Crippen molar-refractivity contribution >= 4 is 23.7 Å². The van der Waals surface area contributed by atoms with Gasteiger partial charge in [0, 0.05) is 42.4 Å². The Morgan fingerprint density at radius 3 is 2.03 bits per heavy atom. The minimum absolute atomic E-state index is 0.390. The van der Waals surface area contributed by atoms with Crippen LogP contribution in [0.4, 0.5) is 5.69 Å². The number of nitrogens with zero attached hydrogens (tertiary/aromatic N) is 4. The van der Waals surface area contributed by atoms with E-state index in [1.54, 1.807) is 30.5 Å². The summed E-state index contributed by atoms with van der Waals surface area (Å²) in [5.74, 6) is -0.787. The molecule has 0 fully saturated rings. The van der Waals surface area contributed by atoms with Gasteiger partial charge in [0.05, 0.1) is 17.3 Å². The van der Waals surface area contributed by atoms with Crippen LogP contribution in [0.5, 0.6) is 0 Å². The average Bonchev–Trinajstić information content (AvgIpc) is 3.13. The van der Waals surface area contributed by atoms with E-state index in [-0.39, 0.29) is 0 Å². The molecule has 146 valence electrons. The Morgan fingerprint density at radius 1 is 0.897 bits per heavy atom. The highest BCUT2D eigenvalue weighted by atomic mass is 16.2. The van der Waals surface area contributed by atoms with Crippen LogP contribution in [0.25, 0.3) is 5.69 Å². The molecule has 6 heteroatoms. The fraction of sp³-hybridized carbons (Fsp3) is 0.174. The van der Waals surface area contributed by atoms with Crippen LogP contribution < -0.4 is 4.90 Å². The molecule has 1 aromatic heterocycles. The van der Waals surface area contributed by atoms with Crippen molar-refractivity contribution in [1.29, 1.82) is 0 Å². The van der Waals surface area contributed by atoms with Crippen LogP contribution in [-0.4, -0.2) is 41.7 Å². The molecule has 0 spiro atoms.